The molecule has 9 nitrogen and oxygen atoms in total. The van der Waals surface area contributed by atoms with E-state index in [9.17, 15) is 5.11 Å². The van der Waals surface area contributed by atoms with E-state index in [1.807, 2.05) is 34.8 Å². The van der Waals surface area contributed by atoms with Crippen LogP contribution in [0.15, 0.2) is 36.5 Å². The van der Waals surface area contributed by atoms with E-state index in [2.05, 4.69) is 30.6 Å². The molecule has 2 aliphatic rings. The summed E-state index contributed by atoms with van der Waals surface area (Å²) in [6.45, 7) is 3.90. The smallest absolute Gasteiger partial charge is 0.247 e. The van der Waals surface area contributed by atoms with Crippen molar-refractivity contribution in [1.82, 2.24) is 24.5 Å². The van der Waals surface area contributed by atoms with E-state index in [4.69, 9.17) is 4.74 Å². The van der Waals surface area contributed by atoms with Crippen LogP contribution in [0, 0.1) is 0 Å². The van der Waals surface area contributed by atoms with Crippen molar-refractivity contribution in [3.63, 3.8) is 0 Å². The summed E-state index contributed by atoms with van der Waals surface area (Å²) in [4.78, 5) is 11.3. The van der Waals surface area contributed by atoms with Crippen LogP contribution >= 0.6 is 0 Å². The number of pyridine rings is 2. The first kappa shape index (κ1) is 21.0. The Hall–Kier alpha value is -2.91. The molecule has 0 radical (unpaired) electrons. The molecular weight excluding hydrogens is 406 g/mol. The molecule has 32 heavy (non-hydrogen) atoms. The van der Waals surface area contributed by atoms with Gasteiger partial charge in [-0.15, -0.1) is 5.10 Å². The van der Waals surface area contributed by atoms with E-state index >= 15 is 0 Å². The van der Waals surface area contributed by atoms with E-state index < -0.39 is 0 Å². The maximum atomic E-state index is 9.75. The first-order valence-corrected chi connectivity index (χ1v) is 11.6. The largest absolute Gasteiger partial charge is 0.476 e. The zero-order valence-electron chi connectivity index (χ0n) is 18.3. The SMILES string of the molecule is O[C@H]1CC[C@@H](Nc2cccc3nc(Nc4ccnc(OCCN5CCCC5)c4)nn23)CC1. The minimum Gasteiger partial charge on any atom is -0.476 e. The first-order valence-electron chi connectivity index (χ1n) is 11.6. The molecule has 0 atom stereocenters. The van der Waals surface area contributed by atoms with E-state index in [1.165, 1.54) is 12.8 Å². The molecule has 9 heteroatoms. The summed E-state index contributed by atoms with van der Waals surface area (Å²) in [6.07, 6.45) is 7.71. The van der Waals surface area contributed by atoms with Crippen molar-refractivity contribution in [3.8, 4) is 5.88 Å². The van der Waals surface area contributed by atoms with Crippen LogP contribution in [0.3, 0.4) is 0 Å². The molecule has 1 saturated carbocycles. The number of nitrogens with one attached hydrogen (secondary N) is 2. The molecule has 4 heterocycles. The normalized spacial score (nSPS) is 21.7. The highest BCUT2D eigenvalue weighted by Crippen LogP contribution is 2.24. The van der Waals surface area contributed by atoms with E-state index in [1.54, 1.807) is 6.20 Å². The average Bonchev–Trinajstić information content (AvgIpc) is 3.46. The second kappa shape index (κ2) is 9.70. The number of aliphatic hydroxyl groups excluding tert-OH is 1. The van der Waals surface area contributed by atoms with Crippen LogP contribution in [-0.2, 0) is 0 Å². The van der Waals surface area contributed by atoms with E-state index in [-0.39, 0.29) is 6.10 Å². The fourth-order valence-corrected chi connectivity index (χ4v) is 4.48. The van der Waals surface area contributed by atoms with Crippen molar-refractivity contribution in [2.75, 3.05) is 36.9 Å². The van der Waals surface area contributed by atoms with Crippen molar-refractivity contribution in [2.24, 2.45) is 0 Å². The fraction of sp³-hybridized carbons (Fsp3) is 0.522. The molecule has 0 amide bonds. The average molecular weight is 438 g/mol. The zero-order chi connectivity index (χ0) is 21.8. The van der Waals surface area contributed by atoms with Gasteiger partial charge < -0.3 is 20.5 Å². The summed E-state index contributed by atoms with van der Waals surface area (Å²) in [5.74, 6) is 2.03. The summed E-state index contributed by atoms with van der Waals surface area (Å²) < 4.78 is 7.67. The number of likely N-dealkylation sites (tertiary alicyclic amines) is 1. The standard InChI is InChI=1S/C23H31N7O2/c31-19-8-6-17(7-9-19)25-20-4-3-5-21-27-23(28-30(20)21)26-18-10-11-24-22(16-18)32-15-14-29-12-1-2-13-29/h3-5,10-11,16-17,19,25,31H,1-2,6-9,12-15H2,(H,24,26,28)/t17-,19+. The van der Waals surface area contributed by atoms with Gasteiger partial charge in [0.2, 0.25) is 11.8 Å². The van der Waals surface area contributed by atoms with Gasteiger partial charge in [0, 0.05) is 30.5 Å². The lowest BCUT2D eigenvalue weighted by atomic mass is 9.93. The van der Waals surface area contributed by atoms with Gasteiger partial charge in [-0.3, -0.25) is 4.90 Å². The zero-order valence-corrected chi connectivity index (χ0v) is 18.3. The second-order valence-electron chi connectivity index (χ2n) is 8.67. The molecule has 3 aromatic rings. The number of nitrogens with zero attached hydrogens (tertiary/aromatic N) is 5. The molecule has 1 aliphatic carbocycles. The highest BCUT2D eigenvalue weighted by Gasteiger charge is 2.20. The van der Waals surface area contributed by atoms with Gasteiger partial charge in [-0.2, -0.15) is 9.50 Å². The minimum absolute atomic E-state index is 0.166. The third-order valence-electron chi connectivity index (χ3n) is 6.26. The van der Waals surface area contributed by atoms with Gasteiger partial charge in [-0.1, -0.05) is 6.07 Å². The van der Waals surface area contributed by atoms with Crippen LogP contribution in [-0.4, -0.2) is 68.0 Å². The molecule has 0 bridgehead atoms. The molecule has 1 aliphatic heterocycles. The van der Waals surface area contributed by atoms with Gasteiger partial charge in [0.15, 0.2) is 5.65 Å². The summed E-state index contributed by atoms with van der Waals surface area (Å²) in [7, 11) is 0. The number of aliphatic hydroxyl groups is 1. The van der Waals surface area contributed by atoms with Crippen LogP contribution < -0.4 is 15.4 Å². The maximum absolute atomic E-state index is 9.75. The van der Waals surface area contributed by atoms with Crippen LogP contribution in [0.25, 0.3) is 5.65 Å². The molecule has 170 valence electrons. The highest BCUT2D eigenvalue weighted by molar-refractivity contribution is 5.58. The van der Waals surface area contributed by atoms with Crippen LogP contribution in [0.5, 0.6) is 5.88 Å². The van der Waals surface area contributed by atoms with Crippen molar-refractivity contribution >= 4 is 23.1 Å². The molecular formula is C23H31N7O2. The molecule has 2 fully saturated rings. The van der Waals surface area contributed by atoms with Crippen molar-refractivity contribution < 1.29 is 9.84 Å². The second-order valence-corrected chi connectivity index (χ2v) is 8.67. The van der Waals surface area contributed by atoms with Crippen LogP contribution in [0.4, 0.5) is 17.5 Å². The molecule has 0 spiro atoms. The van der Waals surface area contributed by atoms with Gasteiger partial charge in [-0.25, -0.2) is 4.98 Å². The van der Waals surface area contributed by atoms with Crippen LogP contribution in [0.2, 0.25) is 0 Å². The van der Waals surface area contributed by atoms with Gasteiger partial charge >= 0.3 is 0 Å². The number of ether oxygens (including phenoxy) is 1. The molecule has 3 aromatic heterocycles. The number of aromatic nitrogens is 4. The van der Waals surface area contributed by atoms with Crippen molar-refractivity contribution in [1.29, 1.82) is 0 Å². The monoisotopic (exact) mass is 437 g/mol. The Kier molecular flexibility index (Phi) is 6.36. The Labute approximate surface area is 187 Å². The topological polar surface area (TPSA) is 99.8 Å². The maximum Gasteiger partial charge on any atom is 0.247 e. The van der Waals surface area contributed by atoms with E-state index in [0.29, 0.717) is 24.5 Å². The van der Waals surface area contributed by atoms with Gasteiger partial charge in [-0.05, 0) is 69.8 Å². The molecule has 0 unspecified atom stereocenters. The lowest BCUT2D eigenvalue weighted by Gasteiger charge is -2.26. The summed E-state index contributed by atoms with van der Waals surface area (Å²) in [6, 6.07) is 10.0. The number of rotatable bonds is 8. The van der Waals surface area contributed by atoms with E-state index in [0.717, 1.165) is 62.5 Å². The fourth-order valence-electron chi connectivity index (χ4n) is 4.48. The first-order chi connectivity index (χ1) is 15.7. The van der Waals surface area contributed by atoms with Gasteiger partial charge in [0.25, 0.3) is 0 Å². The van der Waals surface area contributed by atoms with Crippen LogP contribution in [0.1, 0.15) is 38.5 Å². The van der Waals surface area contributed by atoms with Crippen molar-refractivity contribution in [3.05, 3.63) is 36.5 Å². The number of hydrogen-bond acceptors (Lipinski definition) is 8. The van der Waals surface area contributed by atoms with Gasteiger partial charge in [0.05, 0.1) is 6.10 Å². The van der Waals surface area contributed by atoms with Crippen molar-refractivity contribution in [2.45, 2.75) is 50.7 Å². The van der Waals surface area contributed by atoms with Gasteiger partial charge in [0.1, 0.15) is 12.4 Å². The summed E-state index contributed by atoms with van der Waals surface area (Å²) >= 11 is 0. The predicted molar refractivity (Wildman–Crippen MR) is 124 cm³/mol. The Bertz CT molecular complexity index is 1030. The summed E-state index contributed by atoms with van der Waals surface area (Å²) in [5, 5.41) is 21.2. The lowest BCUT2D eigenvalue weighted by molar-refractivity contribution is 0.126. The Morgan fingerprint density at radius 3 is 2.78 bits per heavy atom. The molecule has 1 saturated heterocycles. The quantitative estimate of drug-likeness (QED) is 0.494. The molecule has 5 rings (SSSR count). The highest BCUT2D eigenvalue weighted by atomic mass is 16.5. The predicted octanol–water partition coefficient (Wildman–Crippen LogP) is 3.06. The third kappa shape index (κ3) is 5.11. The third-order valence-corrected chi connectivity index (χ3v) is 6.26. The number of hydrogen-bond donors (Lipinski definition) is 3. The Balaban J connectivity index is 1.23. The number of fused-ring (bicyclic) bond motifs is 1. The minimum atomic E-state index is -0.166. The number of anilines is 3. The molecule has 3 N–H and O–H groups in total. The Morgan fingerprint density at radius 2 is 1.94 bits per heavy atom. The lowest BCUT2D eigenvalue weighted by Crippen LogP contribution is -2.29. The molecule has 0 aromatic carbocycles. The Morgan fingerprint density at radius 1 is 1.09 bits per heavy atom. The summed E-state index contributed by atoms with van der Waals surface area (Å²) in [5.41, 5.74) is 1.60.